The molecule has 110 valence electrons. The van der Waals surface area contributed by atoms with E-state index in [1.54, 1.807) is 12.1 Å². The minimum atomic E-state index is -0.192. The number of rotatable bonds is 6. The molecule has 21 heavy (non-hydrogen) atoms. The minimum absolute atomic E-state index is 0.192. The Morgan fingerprint density at radius 3 is 2.57 bits per heavy atom. The Morgan fingerprint density at radius 1 is 1.10 bits per heavy atom. The van der Waals surface area contributed by atoms with E-state index in [0.717, 1.165) is 18.8 Å². The van der Waals surface area contributed by atoms with Crippen molar-refractivity contribution in [1.82, 2.24) is 5.32 Å². The van der Waals surface area contributed by atoms with Crippen molar-refractivity contribution < 1.29 is 4.39 Å². The molecule has 0 spiro atoms. The Kier molecular flexibility index (Phi) is 4.20. The van der Waals surface area contributed by atoms with Crippen LogP contribution in [0.2, 0.25) is 0 Å². The molecule has 0 radical (unpaired) electrons. The van der Waals surface area contributed by atoms with Gasteiger partial charge in [-0.15, -0.1) is 0 Å². The number of hydrogen-bond donors (Lipinski definition) is 1. The van der Waals surface area contributed by atoms with Crippen molar-refractivity contribution in [1.29, 1.82) is 0 Å². The number of nitrogens with one attached hydrogen (secondary N) is 1. The van der Waals surface area contributed by atoms with Gasteiger partial charge in [0.2, 0.25) is 0 Å². The lowest BCUT2D eigenvalue weighted by Crippen LogP contribution is -2.20. The average molecular weight is 284 g/mol. The number of anilines is 1. The molecule has 1 saturated carbocycles. The lowest BCUT2D eigenvalue weighted by Gasteiger charge is -2.21. The Bertz CT molecular complexity index is 608. The summed E-state index contributed by atoms with van der Waals surface area (Å²) in [6.45, 7) is 1.70. The third-order valence-corrected chi connectivity index (χ3v) is 3.93. The topological polar surface area (TPSA) is 15.3 Å². The molecule has 2 aromatic carbocycles. The summed E-state index contributed by atoms with van der Waals surface area (Å²) in [5.41, 5.74) is 3.52. The molecule has 0 aliphatic heterocycles. The van der Waals surface area contributed by atoms with Gasteiger partial charge in [0.05, 0.1) is 0 Å². The maximum absolute atomic E-state index is 13.3. The highest BCUT2D eigenvalue weighted by molar-refractivity contribution is 5.46. The Balaban J connectivity index is 1.71. The van der Waals surface area contributed by atoms with Crippen LogP contribution in [0.15, 0.2) is 48.5 Å². The second-order valence-corrected chi connectivity index (χ2v) is 5.76. The second kappa shape index (κ2) is 6.27. The number of benzene rings is 2. The summed E-state index contributed by atoms with van der Waals surface area (Å²) in [7, 11) is 2.00. The first-order valence-corrected chi connectivity index (χ1v) is 7.49. The van der Waals surface area contributed by atoms with Crippen molar-refractivity contribution >= 4 is 5.69 Å². The predicted molar refractivity (Wildman–Crippen MR) is 84.8 cm³/mol. The highest BCUT2D eigenvalue weighted by atomic mass is 19.1. The molecule has 0 heterocycles. The lowest BCUT2D eigenvalue weighted by atomic mass is 10.1. The van der Waals surface area contributed by atoms with Gasteiger partial charge < -0.3 is 10.2 Å². The lowest BCUT2D eigenvalue weighted by molar-refractivity contribution is 0.627. The zero-order valence-electron chi connectivity index (χ0n) is 12.3. The van der Waals surface area contributed by atoms with Crippen LogP contribution >= 0.6 is 0 Å². The monoisotopic (exact) mass is 284 g/mol. The van der Waals surface area contributed by atoms with Gasteiger partial charge >= 0.3 is 0 Å². The van der Waals surface area contributed by atoms with E-state index in [0.29, 0.717) is 6.04 Å². The van der Waals surface area contributed by atoms with Crippen LogP contribution in [0.25, 0.3) is 0 Å². The van der Waals surface area contributed by atoms with Crippen LogP contribution in [-0.2, 0) is 13.1 Å². The average Bonchev–Trinajstić information content (AvgIpc) is 3.30. The smallest absolute Gasteiger partial charge is 0.125 e. The third-order valence-electron chi connectivity index (χ3n) is 3.93. The summed E-state index contributed by atoms with van der Waals surface area (Å²) in [5, 5.41) is 3.56. The number of nitrogens with zero attached hydrogens (tertiary/aromatic N) is 1. The fourth-order valence-corrected chi connectivity index (χ4v) is 2.49. The number of hydrogen-bond acceptors (Lipinski definition) is 2. The van der Waals surface area contributed by atoms with Crippen molar-refractivity contribution in [3.63, 3.8) is 0 Å². The van der Waals surface area contributed by atoms with Crippen molar-refractivity contribution in [3.05, 3.63) is 65.5 Å². The van der Waals surface area contributed by atoms with E-state index in [9.17, 15) is 4.39 Å². The maximum atomic E-state index is 13.3. The molecule has 3 rings (SSSR count). The first-order valence-electron chi connectivity index (χ1n) is 7.49. The van der Waals surface area contributed by atoms with Gasteiger partial charge in [0.1, 0.15) is 5.82 Å². The Hall–Kier alpha value is -1.87. The van der Waals surface area contributed by atoms with Gasteiger partial charge in [0.25, 0.3) is 0 Å². The van der Waals surface area contributed by atoms with Crippen molar-refractivity contribution in [2.75, 3.05) is 11.9 Å². The van der Waals surface area contributed by atoms with Gasteiger partial charge in [0, 0.05) is 31.9 Å². The van der Waals surface area contributed by atoms with E-state index < -0.39 is 0 Å². The van der Waals surface area contributed by atoms with Gasteiger partial charge in [-0.05, 0) is 42.2 Å². The zero-order chi connectivity index (χ0) is 14.7. The molecule has 0 aromatic heterocycles. The van der Waals surface area contributed by atoms with Crippen LogP contribution < -0.4 is 10.2 Å². The summed E-state index contributed by atoms with van der Waals surface area (Å²) in [6.07, 6.45) is 2.59. The van der Waals surface area contributed by atoms with E-state index >= 15 is 0 Å². The fourth-order valence-electron chi connectivity index (χ4n) is 2.49. The van der Waals surface area contributed by atoms with Crippen LogP contribution in [0.1, 0.15) is 24.0 Å². The van der Waals surface area contributed by atoms with Crippen LogP contribution in [0, 0.1) is 5.82 Å². The van der Waals surface area contributed by atoms with E-state index in [1.807, 2.05) is 13.1 Å². The largest absolute Gasteiger partial charge is 0.370 e. The summed E-state index contributed by atoms with van der Waals surface area (Å²) in [4.78, 5) is 2.08. The summed E-state index contributed by atoms with van der Waals surface area (Å²) in [5.74, 6) is -0.192. The molecular formula is C18H21FN2. The molecule has 1 aliphatic carbocycles. The molecule has 0 atom stereocenters. The molecule has 1 N–H and O–H groups in total. The fraction of sp³-hybridized carbons (Fsp3) is 0.333. The molecule has 1 fully saturated rings. The minimum Gasteiger partial charge on any atom is -0.370 e. The highest BCUT2D eigenvalue weighted by Gasteiger charge is 2.20. The molecule has 1 aliphatic rings. The zero-order valence-corrected chi connectivity index (χ0v) is 12.3. The van der Waals surface area contributed by atoms with Crippen LogP contribution in [0.5, 0.6) is 0 Å². The maximum Gasteiger partial charge on any atom is 0.125 e. The SMILES string of the molecule is CN(Cc1ccccc1CNC1CC1)c1cccc(F)c1. The van der Waals surface area contributed by atoms with E-state index in [-0.39, 0.29) is 5.82 Å². The van der Waals surface area contributed by atoms with Crippen LogP contribution in [0.4, 0.5) is 10.1 Å². The van der Waals surface area contributed by atoms with Gasteiger partial charge in [0.15, 0.2) is 0 Å². The number of halogens is 1. The molecule has 3 heteroatoms. The van der Waals surface area contributed by atoms with Crippen molar-refractivity contribution in [2.45, 2.75) is 32.0 Å². The molecule has 0 bridgehead atoms. The third kappa shape index (κ3) is 3.82. The Labute approximate surface area is 125 Å². The van der Waals surface area contributed by atoms with Crippen LogP contribution in [-0.4, -0.2) is 13.1 Å². The van der Waals surface area contributed by atoms with Gasteiger partial charge in [-0.25, -0.2) is 4.39 Å². The van der Waals surface area contributed by atoms with Crippen molar-refractivity contribution in [3.8, 4) is 0 Å². The first-order chi connectivity index (χ1) is 10.2. The molecule has 0 saturated heterocycles. The first kappa shape index (κ1) is 14.1. The quantitative estimate of drug-likeness (QED) is 0.870. The predicted octanol–water partition coefficient (Wildman–Crippen LogP) is 3.71. The van der Waals surface area contributed by atoms with Gasteiger partial charge in [-0.1, -0.05) is 30.3 Å². The highest BCUT2D eigenvalue weighted by Crippen LogP contribution is 2.21. The molecule has 2 aromatic rings. The molecular weight excluding hydrogens is 263 g/mol. The summed E-state index contributed by atoms with van der Waals surface area (Å²) in [6, 6.07) is 15.9. The van der Waals surface area contributed by atoms with Crippen LogP contribution in [0.3, 0.4) is 0 Å². The van der Waals surface area contributed by atoms with E-state index in [4.69, 9.17) is 0 Å². The normalized spacial score (nSPS) is 14.2. The van der Waals surface area contributed by atoms with Gasteiger partial charge in [-0.2, -0.15) is 0 Å². The molecule has 2 nitrogen and oxygen atoms in total. The standard InChI is InChI=1S/C18H21FN2/c1-21(18-8-4-7-16(19)11-18)13-15-6-3-2-5-14(15)12-20-17-9-10-17/h2-8,11,17,20H,9-10,12-13H2,1H3. The molecule has 0 amide bonds. The van der Waals surface area contributed by atoms with Crippen molar-refractivity contribution in [2.24, 2.45) is 0 Å². The Morgan fingerprint density at radius 2 is 1.86 bits per heavy atom. The van der Waals surface area contributed by atoms with Gasteiger partial charge in [-0.3, -0.25) is 0 Å². The van der Waals surface area contributed by atoms with E-state index in [1.165, 1.54) is 30.0 Å². The summed E-state index contributed by atoms with van der Waals surface area (Å²) >= 11 is 0. The second-order valence-electron chi connectivity index (χ2n) is 5.76. The molecule has 0 unspecified atom stereocenters. The van der Waals surface area contributed by atoms with E-state index in [2.05, 4.69) is 34.5 Å². The summed E-state index contributed by atoms with van der Waals surface area (Å²) < 4.78 is 13.3.